The lowest BCUT2D eigenvalue weighted by Crippen LogP contribution is -2.68. The quantitative estimate of drug-likeness (QED) is 0.341. The molecule has 1 aliphatic carbocycles. The second-order valence-corrected chi connectivity index (χ2v) is 10.2. The SMILES string of the molecule is COCCCNC1CC(C)NC(NC2CC3CCOC3C(C3=CCN(C)CCC3)C2)N1. The van der Waals surface area contributed by atoms with Crippen LogP contribution < -0.4 is 21.3 Å². The van der Waals surface area contributed by atoms with Gasteiger partial charge in [-0.15, -0.1) is 0 Å². The molecule has 0 aromatic rings. The average molecular weight is 436 g/mol. The highest BCUT2D eigenvalue weighted by Crippen LogP contribution is 2.42. The van der Waals surface area contributed by atoms with Crippen molar-refractivity contribution in [1.82, 2.24) is 26.2 Å². The number of nitrogens with zero attached hydrogens (tertiary/aromatic N) is 1. The Morgan fingerprint density at radius 2 is 2.16 bits per heavy atom. The zero-order valence-corrected chi connectivity index (χ0v) is 19.9. The first-order chi connectivity index (χ1) is 15.1. The van der Waals surface area contributed by atoms with Crippen LogP contribution in [0.2, 0.25) is 0 Å². The maximum Gasteiger partial charge on any atom is 0.113 e. The maximum absolute atomic E-state index is 6.29. The molecule has 4 aliphatic rings. The predicted molar refractivity (Wildman–Crippen MR) is 125 cm³/mol. The molecule has 4 rings (SSSR count). The molecule has 178 valence electrons. The van der Waals surface area contributed by atoms with Crippen LogP contribution in [0.1, 0.15) is 51.9 Å². The summed E-state index contributed by atoms with van der Waals surface area (Å²) < 4.78 is 11.5. The van der Waals surface area contributed by atoms with E-state index in [1.165, 1.54) is 38.6 Å². The molecule has 3 fully saturated rings. The molecular formula is C24H45N5O2. The third-order valence-corrected chi connectivity index (χ3v) is 7.66. The molecule has 0 aromatic heterocycles. The molecule has 0 bridgehead atoms. The van der Waals surface area contributed by atoms with E-state index >= 15 is 0 Å². The summed E-state index contributed by atoms with van der Waals surface area (Å²) in [6, 6.07) is 1.01. The molecule has 7 heteroatoms. The summed E-state index contributed by atoms with van der Waals surface area (Å²) in [4.78, 5) is 2.44. The largest absolute Gasteiger partial charge is 0.385 e. The number of likely N-dealkylation sites (N-methyl/N-ethyl adjacent to an activating group) is 1. The van der Waals surface area contributed by atoms with Crippen molar-refractivity contribution in [1.29, 1.82) is 0 Å². The van der Waals surface area contributed by atoms with Crippen LogP contribution in [-0.4, -0.2) is 82.5 Å². The van der Waals surface area contributed by atoms with Crippen LogP contribution in [0.4, 0.5) is 0 Å². The van der Waals surface area contributed by atoms with Crippen LogP contribution in [-0.2, 0) is 9.47 Å². The molecule has 3 heterocycles. The first kappa shape index (κ1) is 23.6. The van der Waals surface area contributed by atoms with E-state index < -0.39 is 0 Å². The average Bonchev–Trinajstić information content (AvgIpc) is 3.11. The van der Waals surface area contributed by atoms with Gasteiger partial charge in [0.05, 0.1) is 12.3 Å². The minimum atomic E-state index is 0.155. The summed E-state index contributed by atoms with van der Waals surface area (Å²) in [5.74, 6) is 1.27. The van der Waals surface area contributed by atoms with Gasteiger partial charge in [-0.25, -0.2) is 0 Å². The van der Waals surface area contributed by atoms with Crippen molar-refractivity contribution in [2.45, 2.75) is 82.5 Å². The molecular weight excluding hydrogens is 390 g/mol. The second-order valence-electron chi connectivity index (χ2n) is 10.2. The van der Waals surface area contributed by atoms with E-state index in [4.69, 9.17) is 9.47 Å². The second kappa shape index (κ2) is 11.5. The summed E-state index contributed by atoms with van der Waals surface area (Å²) in [7, 11) is 4.01. The Hall–Kier alpha value is -0.540. The van der Waals surface area contributed by atoms with Gasteiger partial charge in [0.25, 0.3) is 0 Å². The lowest BCUT2D eigenvalue weighted by molar-refractivity contribution is 0.0176. The zero-order chi connectivity index (χ0) is 21.6. The third kappa shape index (κ3) is 6.50. The fourth-order valence-corrected chi connectivity index (χ4v) is 6.10. The lowest BCUT2D eigenvalue weighted by Gasteiger charge is -2.43. The van der Waals surface area contributed by atoms with E-state index in [2.05, 4.69) is 46.2 Å². The predicted octanol–water partition coefficient (Wildman–Crippen LogP) is 1.62. The van der Waals surface area contributed by atoms with E-state index in [9.17, 15) is 0 Å². The summed E-state index contributed by atoms with van der Waals surface area (Å²) in [6.45, 7) is 7.32. The first-order valence-electron chi connectivity index (χ1n) is 12.6. The van der Waals surface area contributed by atoms with Crippen LogP contribution >= 0.6 is 0 Å². The third-order valence-electron chi connectivity index (χ3n) is 7.66. The van der Waals surface area contributed by atoms with Crippen LogP contribution in [0.3, 0.4) is 0 Å². The van der Waals surface area contributed by atoms with Crippen molar-refractivity contribution in [3.8, 4) is 0 Å². The highest BCUT2D eigenvalue weighted by Gasteiger charge is 2.43. The van der Waals surface area contributed by atoms with Gasteiger partial charge in [0, 0.05) is 44.9 Å². The smallest absolute Gasteiger partial charge is 0.113 e. The number of ether oxygens (including phenoxy) is 2. The summed E-state index contributed by atoms with van der Waals surface area (Å²) >= 11 is 0. The monoisotopic (exact) mass is 435 g/mol. The van der Waals surface area contributed by atoms with Gasteiger partial charge in [-0.3, -0.25) is 16.0 Å². The minimum absolute atomic E-state index is 0.155. The molecule has 1 saturated carbocycles. The topological polar surface area (TPSA) is 69.8 Å². The van der Waals surface area contributed by atoms with Crippen molar-refractivity contribution in [2.75, 3.05) is 47.0 Å². The molecule has 0 radical (unpaired) electrons. The van der Waals surface area contributed by atoms with E-state index in [1.54, 1.807) is 12.7 Å². The summed E-state index contributed by atoms with van der Waals surface area (Å²) in [5, 5.41) is 15.1. The molecule has 4 N–H and O–H groups in total. The summed E-state index contributed by atoms with van der Waals surface area (Å²) in [5.41, 5.74) is 1.66. The van der Waals surface area contributed by atoms with Crippen molar-refractivity contribution in [3.63, 3.8) is 0 Å². The fraction of sp³-hybridized carbons (Fsp3) is 0.917. The number of methoxy groups -OCH3 is 1. The molecule has 7 unspecified atom stereocenters. The van der Waals surface area contributed by atoms with Gasteiger partial charge in [-0.1, -0.05) is 11.6 Å². The maximum atomic E-state index is 6.29. The van der Waals surface area contributed by atoms with E-state index in [1.807, 2.05) is 0 Å². The van der Waals surface area contributed by atoms with E-state index in [-0.39, 0.29) is 6.29 Å². The lowest BCUT2D eigenvalue weighted by atomic mass is 9.72. The molecule has 7 nitrogen and oxygen atoms in total. The van der Waals surface area contributed by atoms with Crippen LogP contribution in [0.15, 0.2) is 11.6 Å². The Morgan fingerprint density at radius 3 is 3.03 bits per heavy atom. The van der Waals surface area contributed by atoms with Crippen molar-refractivity contribution in [2.24, 2.45) is 11.8 Å². The number of hydrogen-bond donors (Lipinski definition) is 4. The number of fused-ring (bicyclic) bond motifs is 1. The summed E-state index contributed by atoms with van der Waals surface area (Å²) in [6.07, 6.45) is 11.7. The van der Waals surface area contributed by atoms with Crippen LogP contribution in [0, 0.1) is 11.8 Å². The van der Waals surface area contributed by atoms with Crippen molar-refractivity contribution < 1.29 is 9.47 Å². The van der Waals surface area contributed by atoms with Gasteiger partial charge in [0.15, 0.2) is 0 Å². The standard InChI is InChI=1S/C24H45N5O2/c1-17-14-22(25-9-5-12-30-3)28-24(26-17)27-20-15-19-8-13-31-23(19)21(16-20)18-6-4-10-29(2)11-7-18/h7,17,19-28H,4-6,8-16H2,1-3H3. The van der Waals surface area contributed by atoms with Gasteiger partial charge in [-0.05, 0) is 77.9 Å². The highest BCUT2D eigenvalue weighted by molar-refractivity contribution is 5.15. The Bertz CT molecular complexity index is 588. The van der Waals surface area contributed by atoms with E-state index in [0.29, 0.717) is 36.2 Å². The van der Waals surface area contributed by atoms with Crippen molar-refractivity contribution in [3.05, 3.63) is 11.6 Å². The molecule has 0 aromatic carbocycles. The first-order valence-corrected chi connectivity index (χ1v) is 12.6. The molecule has 2 saturated heterocycles. The van der Waals surface area contributed by atoms with Gasteiger partial charge in [0.2, 0.25) is 0 Å². The Labute approximate surface area is 189 Å². The van der Waals surface area contributed by atoms with Gasteiger partial charge in [-0.2, -0.15) is 0 Å². The Balaban J connectivity index is 1.35. The molecule has 0 amide bonds. The van der Waals surface area contributed by atoms with Crippen LogP contribution in [0.25, 0.3) is 0 Å². The molecule has 31 heavy (non-hydrogen) atoms. The number of nitrogens with one attached hydrogen (secondary N) is 4. The molecule has 7 atom stereocenters. The van der Waals surface area contributed by atoms with Gasteiger partial charge in [0.1, 0.15) is 6.29 Å². The van der Waals surface area contributed by atoms with E-state index in [0.717, 1.165) is 39.1 Å². The Kier molecular flexibility index (Phi) is 8.79. The van der Waals surface area contributed by atoms with Gasteiger partial charge >= 0.3 is 0 Å². The minimum Gasteiger partial charge on any atom is -0.385 e. The Morgan fingerprint density at radius 1 is 1.26 bits per heavy atom. The van der Waals surface area contributed by atoms with Crippen LogP contribution in [0.5, 0.6) is 0 Å². The highest BCUT2D eigenvalue weighted by atomic mass is 16.5. The van der Waals surface area contributed by atoms with Crippen molar-refractivity contribution >= 4 is 0 Å². The van der Waals surface area contributed by atoms with Gasteiger partial charge < -0.3 is 19.7 Å². The fourth-order valence-electron chi connectivity index (χ4n) is 6.10. The molecule has 0 spiro atoms. The number of hydrogen-bond acceptors (Lipinski definition) is 7. The normalized spacial score (nSPS) is 39.7. The number of rotatable bonds is 8. The molecule has 3 aliphatic heterocycles. The zero-order valence-electron chi connectivity index (χ0n) is 19.9.